The van der Waals surface area contributed by atoms with E-state index in [1.807, 2.05) is 0 Å². The largest absolute Gasteiger partial charge is 0.468 e. The number of carbonyl (C=O) groups excluding carboxylic acids is 1. The van der Waals surface area contributed by atoms with Crippen molar-refractivity contribution in [3.05, 3.63) is 0 Å². The van der Waals surface area contributed by atoms with Gasteiger partial charge < -0.3 is 14.2 Å². The fourth-order valence-electron chi connectivity index (χ4n) is 1.92. The molecule has 1 fully saturated rings. The van der Waals surface area contributed by atoms with Crippen LogP contribution in [0.5, 0.6) is 0 Å². The van der Waals surface area contributed by atoms with Crippen LogP contribution in [-0.2, 0) is 19.0 Å². The van der Waals surface area contributed by atoms with Gasteiger partial charge in [-0.25, -0.2) is 0 Å². The minimum Gasteiger partial charge on any atom is -0.468 e. The highest BCUT2D eigenvalue weighted by atomic mass is 16.5. The van der Waals surface area contributed by atoms with Gasteiger partial charge in [-0.05, 0) is 19.4 Å². The molecule has 0 saturated carbocycles. The standard InChI is InChI=1S/C11H21NO4/c1-14-8-9-16-7-6-12-5-3-4-10(12)11(13)15-2/h10H,3-9H2,1-2H3. The first-order chi connectivity index (χ1) is 7.79. The molecule has 1 atom stereocenters. The van der Waals surface area contributed by atoms with Crippen molar-refractivity contribution < 1.29 is 19.0 Å². The highest BCUT2D eigenvalue weighted by Gasteiger charge is 2.30. The molecular formula is C11H21NO4. The predicted octanol–water partition coefficient (Wildman–Crippen LogP) is 0.287. The van der Waals surface area contributed by atoms with Crippen LogP contribution in [0.25, 0.3) is 0 Å². The third-order valence-electron chi connectivity index (χ3n) is 2.79. The molecule has 1 unspecified atom stereocenters. The van der Waals surface area contributed by atoms with Gasteiger partial charge in [-0.15, -0.1) is 0 Å². The number of esters is 1. The molecule has 0 aromatic carbocycles. The van der Waals surface area contributed by atoms with Gasteiger partial charge in [-0.2, -0.15) is 0 Å². The maximum absolute atomic E-state index is 11.4. The van der Waals surface area contributed by atoms with Crippen LogP contribution in [0.2, 0.25) is 0 Å². The van der Waals surface area contributed by atoms with Crippen LogP contribution in [0, 0.1) is 0 Å². The molecule has 0 N–H and O–H groups in total. The maximum Gasteiger partial charge on any atom is 0.323 e. The zero-order valence-electron chi connectivity index (χ0n) is 10.1. The Hall–Kier alpha value is -0.650. The topological polar surface area (TPSA) is 48.0 Å². The highest BCUT2D eigenvalue weighted by Crippen LogP contribution is 2.17. The minimum atomic E-state index is -0.130. The van der Waals surface area contributed by atoms with E-state index in [0.717, 1.165) is 25.9 Å². The molecule has 0 radical (unpaired) electrons. The Morgan fingerprint density at radius 1 is 1.31 bits per heavy atom. The summed E-state index contributed by atoms with van der Waals surface area (Å²) in [7, 11) is 3.09. The Balaban J connectivity index is 2.17. The molecule has 0 aromatic rings. The lowest BCUT2D eigenvalue weighted by molar-refractivity contribution is -0.146. The highest BCUT2D eigenvalue weighted by molar-refractivity contribution is 5.75. The summed E-state index contributed by atoms with van der Waals surface area (Å²) < 4.78 is 15.0. The molecule has 0 aromatic heterocycles. The van der Waals surface area contributed by atoms with Crippen molar-refractivity contribution in [2.45, 2.75) is 18.9 Å². The van der Waals surface area contributed by atoms with Crippen LogP contribution in [0.15, 0.2) is 0 Å². The molecule has 1 aliphatic heterocycles. The summed E-state index contributed by atoms with van der Waals surface area (Å²) in [6.45, 7) is 3.58. The van der Waals surface area contributed by atoms with Crippen molar-refractivity contribution in [3.63, 3.8) is 0 Å². The van der Waals surface area contributed by atoms with E-state index in [-0.39, 0.29) is 12.0 Å². The summed E-state index contributed by atoms with van der Waals surface area (Å²) in [6.07, 6.45) is 1.95. The number of nitrogens with zero attached hydrogens (tertiary/aromatic N) is 1. The number of ether oxygens (including phenoxy) is 3. The Bertz CT molecular complexity index is 210. The second-order valence-corrected chi connectivity index (χ2v) is 3.82. The lowest BCUT2D eigenvalue weighted by atomic mass is 10.2. The number of hydrogen-bond acceptors (Lipinski definition) is 5. The molecule has 0 spiro atoms. The molecular weight excluding hydrogens is 210 g/mol. The lowest BCUT2D eigenvalue weighted by Crippen LogP contribution is -2.38. The predicted molar refractivity (Wildman–Crippen MR) is 59.3 cm³/mol. The van der Waals surface area contributed by atoms with E-state index in [0.29, 0.717) is 19.8 Å². The maximum atomic E-state index is 11.4. The van der Waals surface area contributed by atoms with Crippen molar-refractivity contribution in [2.75, 3.05) is 47.1 Å². The van der Waals surface area contributed by atoms with Crippen LogP contribution in [0.4, 0.5) is 0 Å². The van der Waals surface area contributed by atoms with Crippen molar-refractivity contribution >= 4 is 5.97 Å². The number of likely N-dealkylation sites (tertiary alicyclic amines) is 1. The summed E-state index contributed by atoms with van der Waals surface area (Å²) in [4.78, 5) is 13.6. The second-order valence-electron chi connectivity index (χ2n) is 3.82. The average molecular weight is 231 g/mol. The fraction of sp³-hybridized carbons (Fsp3) is 0.909. The molecule has 1 saturated heterocycles. The molecule has 0 amide bonds. The lowest BCUT2D eigenvalue weighted by Gasteiger charge is -2.21. The Morgan fingerprint density at radius 2 is 2.12 bits per heavy atom. The minimum absolute atomic E-state index is 0.0731. The van der Waals surface area contributed by atoms with Gasteiger partial charge in [0.15, 0.2) is 0 Å². The quantitative estimate of drug-likeness (QED) is 0.465. The van der Waals surface area contributed by atoms with Crippen molar-refractivity contribution in [2.24, 2.45) is 0 Å². The monoisotopic (exact) mass is 231 g/mol. The molecule has 5 nitrogen and oxygen atoms in total. The van der Waals surface area contributed by atoms with Crippen molar-refractivity contribution in [1.82, 2.24) is 4.90 Å². The van der Waals surface area contributed by atoms with Crippen LogP contribution in [0.1, 0.15) is 12.8 Å². The van der Waals surface area contributed by atoms with Gasteiger partial charge >= 0.3 is 5.97 Å². The van der Waals surface area contributed by atoms with E-state index in [1.165, 1.54) is 7.11 Å². The number of hydrogen-bond donors (Lipinski definition) is 0. The first kappa shape index (κ1) is 13.4. The second kappa shape index (κ2) is 7.60. The van der Waals surface area contributed by atoms with E-state index in [2.05, 4.69) is 4.90 Å². The third kappa shape index (κ3) is 4.08. The average Bonchev–Trinajstić information content (AvgIpc) is 2.76. The molecule has 1 rings (SSSR count). The first-order valence-corrected chi connectivity index (χ1v) is 5.68. The van der Waals surface area contributed by atoms with Crippen LogP contribution < -0.4 is 0 Å². The van der Waals surface area contributed by atoms with Crippen LogP contribution in [0.3, 0.4) is 0 Å². The van der Waals surface area contributed by atoms with E-state index in [1.54, 1.807) is 7.11 Å². The summed E-state index contributed by atoms with van der Waals surface area (Å²) in [6, 6.07) is -0.0731. The molecule has 0 aliphatic carbocycles. The van der Waals surface area contributed by atoms with Gasteiger partial charge in [-0.1, -0.05) is 0 Å². The number of carbonyl (C=O) groups is 1. The zero-order chi connectivity index (χ0) is 11.8. The van der Waals surface area contributed by atoms with Crippen molar-refractivity contribution in [3.8, 4) is 0 Å². The molecule has 0 bridgehead atoms. The third-order valence-corrected chi connectivity index (χ3v) is 2.79. The molecule has 1 heterocycles. The first-order valence-electron chi connectivity index (χ1n) is 5.68. The van der Waals surface area contributed by atoms with Gasteiger partial charge in [0.2, 0.25) is 0 Å². The Morgan fingerprint density at radius 3 is 2.81 bits per heavy atom. The van der Waals surface area contributed by atoms with Gasteiger partial charge in [0.25, 0.3) is 0 Å². The SMILES string of the molecule is COCCOCCN1CCCC1C(=O)OC. The molecule has 1 aliphatic rings. The molecule has 5 heteroatoms. The zero-order valence-corrected chi connectivity index (χ0v) is 10.1. The summed E-state index contributed by atoms with van der Waals surface area (Å²) in [5, 5.41) is 0. The van der Waals surface area contributed by atoms with E-state index in [4.69, 9.17) is 14.2 Å². The molecule has 16 heavy (non-hydrogen) atoms. The number of methoxy groups -OCH3 is 2. The van der Waals surface area contributed by atoms with E-state index >= 15 is 0 Å². The smallest absolute Gasteiger partial charge is 0.323 e. The van der Waals surface area contributed by atoms with Crippen molar-refractivity contribution in [1.29, 1.82) is 0 Å². The summed E-state index contributed by atoms with van der Waals surface area (Å²) >= 11 is 0. The van der Waals surface area contributed by atoms with Gasteiger partial charge in [-0.3, -0.25) is 9.69 Å². The Labute approximate surface area is 96.6 Å². The molecule has 94 valence electrons. The van der Waals surface area contributed by atoms with Crippen LogP contribution in [-0.4, -0.2) is 64.0 Å². The van der Waals surface area contributed by atoms with E-state index in [9.17, 15) is 4.79 Å². The van der Waals surface area contributed by atoms with Crippen LogP contribution >= 0.6 is 0 Å². The summed E-state index contributed by atoms with van der Waals surface area (Å²) in [5.74, 6) is -0.130. The summed E-state index contributed by atoms with van der Waals surface area (Å²) in [5.41, 5.74) is 0. The van der Waals surface area contributed by atoms with Gasteiger partial charge in [0, 0.05) is 13.7 Å². The number of rotatable bonds is 7. The van der Waals surface area contributed by atoms with E-state index < -0.39 is 0 Å². The van der Waals surface area contributed by atoms with Gasteiger partial charge in [0.05, 0.1) is 26.9 Å². The normalized spacial score (nSPS) is 21.2. The Kier molecular flexibility index (Phi) is 6.37. The van der Waals surface area contributed by atoms with Gasteiger partial charge in [0.1, 0.15) is 6.04 Å². The fourth-order valence-corrected chi connectivity index (χ4v) is 1.92.